The fourth-order valence-electron chi connectivity index (χ4n) is 2.15. The Kier molecular flexibility index (Phi) is 4.46. The van der Waals surface area contributed by atoms with Crippen LogP contribution >= 0.6 is 11.6 Å². The Balaban J connectivity index is 2.32. The van der Waals surface area contributed by atoms with Crippen LogP contribution in [0.3, 0.4) is 0 Å². The third-order valence-corrected chi connectivity index (χ3v) is 3.76. The third kappa shape index (κ3) is 3.21. The third-order valence-electron chi connectivity index (χ3n) is 3.28. The van der Waals surface area contributed by atoms with E-state index in [9.17, 15) is 19.5 Å². The number of aliphatic hydroxyl groups is 1. The number of carboxylic acid groups (broad SMARTS) is 2. The van der Waals surface area contributed by atoms with E-state index >= 15 is 0 Å². The maximum atomic E-state index is 12.4. The van der Waals surface area contributed by atoms with Crippen molar-refractivity contribution in [3.05, 3.63) is 41.6 Å². The molecule has 1 aromatic carbocycles. The van der Waals surface area contributed by atoms with Crippen molar-refractivity contribution >= 4 is 35.2 Å². The molecule has 0 spiro atoms. The Bertz CT molecular complexity index is 704. The molecule has 0 aromatic heterocycles. The number of amides is 1. The minimum Gasteiger partial charge on any atom is -0.506 e. The highest BCUT2D eigenvalue weighted by Crippen LogP contribution is 2.35. The highest BCUT2D eigenvalue weighted by Gasteiger charge is 2.43. The van der Waals surface area contributed by atoms with E-state index in [0.717, 1.165) is 6.20 Å². The highest BCUT2D eigenvalue weighted by atomic mass is 35.5. The van der Waals surface area contributed by atoms with Crippen LogP contribution in [0, 0.1) is 0 Å². The molecule has 2 atom stereocenters. The van der Waals surface area contributed by atoms with Crippen LogP contribution in [-0.4, -0.2) is 39.2 Å². The highest BCUT2D eigenvalue weighted by molar-refractivity contribution is 6.35. The quantitative estimate of drug-likeness (QED) is 0.390. The van der Waals surface area contributed by atoms with Gasteiger partial charge in [0.25, 0.3) is 5.91 Å². The van der Waals surface area contributed by atoms with E-state index in [-0.39, 0.29) is 11.3 Å². The first-order chi connectivity index (χ1) is 10.8. The van der Waals surface area contributed by atoms with Crippen LogP contribution in [-0.2, 0) is 19.4 Å². The fraction of sp³-hybridized carbons (Fsp3) is 0.214. The molecule has 0 radical (unpaired) electrons. The summed E-state index contributed by atoms with van der Waals surface area (Å²) in [6, 6.07) is 4.62. The number of carbonyl (C=O) groups excluding carboxylic acids is 1. The minimum atomic E-state index is -1.87. The topological polar surface area (TPSA) is 136 Å². The lowest BCUT2D eigenvalue weighted by atomic mass is 9.95. The number of rotatable bonds is 5. The van der Waals surface area contributed by atoms with E-state index < -0.39 is 35.3 Å². The van der Waals surface area contributed by atoms with Gasteiger partial charge in [-0.2, -0.15) is 0 Å². The molecule has 5 N–H and O–H groups in total. The number of carbonyl (C=O) groups is 3. The van der Waals surface area contributed by atoms with E-state index in [1.54, 1.807) is 18.2 Å². The molecule has 0 aliphatic carbocycles. The number of alkyl halides is 1. The van der Waals surface area contributed by atoms with Crippen molar-refractivity contribution < 1.29 is 29.7 Å². The molecule has 1 aliphatic heterocycles. The summed E-state index contributed by atoms with van der Waals surface area (Å²) in [4.78, 5) is 32.3. The zero-order chi connectivity index (χ0) is 17.2. The summed E-state index contributed by atoms with van der Waals surface area (Å²) in [5, 5.41) is 32.1. The Labute approximate surface area is 135 Å². The van der Waals surface area contributed by atoms with Gasteiger partial charge < -0.3 is 26.0 Å². The van der Waals surface area contributed by atoms with Crippen molar-refractivity contribution in [3.63, 3.8) is 0 Å². The smallest absolute Gasteiger partial charge is 0.326 e. The molecule has 9 heteroatoms. The zero-order valence-corrected chi connectivity index (χ0v) is 12.4. The summed E-state index contributed by atoms with van der Waals surface area (Å²) < 4.78 is 0. The molecule has 1 unspecified atom stereocenters. The minimum absolute atomic E-state index is 0.134. The summed E-state index contributed by atoms with van der Waals surface area (Å²) in [5.74, 6) is -3.95. The largest absolute Gasteiger partial charge is 0.506 e. The molecular formula is C14H13ClN2O6. The summed E-state index contributed by atoms with van der Waals surface area (Å²) in [7, 11) is 0. The van der Waals surface area contributed by atoms with Gasteiger partial charge in [-0.25, -0.2) is 4.79 Å². The Morgan fingerprint density at radius 2 is 1.91 bits per heavy atom. The summed E-state index contributed by atoms with van der Waals surface area (Å²) in [5.41, 5.74) is 0.528. The number of hydrogen-bond donors (Lipinski definition) is 5. The van der Waals surface area contributed by atoms with Crippen LogP contribution in [0.5, 0.6) is 0 Å². The molecule has 1 heterocycles. The average molecular weight is 341 g/mol. The van der Waals surface area contributed by atoms with E-state index in [4.69, 9.17) is 21.8 Å². The van der Waals surface area contributed by atoms with Crippen LogP contribution in [0.2, 0.25) is 0 Å². The fourth-order valence-corrected chi connectivity index (χ4v) is 2.42. The first kappa shape index (κ1) is 16.6. The zero-order valence-electron chi connectivity index (χ0n) is 11.6. The van der Waals surface area contributed by atoms with Crippen LogP contribution < -0.4 is 10.6 Å². The van der Waals surface area contributed by atoms with E-state index in [1.807, 2.05) is 0 Å². The predicted molar refractivity (Wildman–Crippen MR) is 79.5 cm³/mol. The van der Waals surface area contributed by atoms with Gasteiger partial charge >= 0.3 is 11.9 Å². The second kappa shape index (κ2) is 6.17. The average Bonchev–Trinajstić information content (AvgIpc) is 2.50. The maximum Gasteiger partial charge on any atom is 0.326 e. The van der Waals surface area contributed by atoms with Crippen LogP contribution in [0.1, 0.15) is 17.5 Å². The molecule has 8 nitrogen and oxygen atoms in total. The number of carboxylic acids is 2. The van der Waals surface area contributed by atoms with Gasteiger partial charge in [-0.15, -0.1) is 0 Å². The number of aliphatic hydroxyl groups excluding tert-OH is 1. The Morgan fingerprint density at radius 1 is 1.26 bits per heavy atom. The lowest BCUT2D eigenvalue weighted by Crippen LogP contribution is -2.55. The monoisotopic (exact) mass is 340 g/mol. The second-order valence-electron chi connectivity index (χ2n) is 4.84. The first-order valence-corrected chi connectivity index (χ1v) is 6.84. The number of hydrogen-bond acceptors (Lipinski definition) is 5. The standard InChI is InChI=1S/C14H13ClN2O6/c15-14(13(23)17-9(12(21)22)5-11(19)20)8-4-2-1-3-7(8)10(18)6-16-14/h1-4,6,9,16,18H,5H2,(H,17,23)(H,19,20)(H,21,22)/t9-,14?/m1/s1. The molecule has 0 saturated carbocycles. The van der Waals surface area contributed by atoms with Gasteiger partial charge in [0.15, 0.2) is 0 Å². The van der Waals surface area contributed by atoms with Gasteiger partial charge in [0.2, 0.25) is 5.00 Å². The summed E-state index contributed by atoms with van der Waals surface area (Å²) in [6.45, 7) is 0. The molecule has 1 amide bonds. The Hall–Kier alpha value is -2.74. The van der Waals surface area contributed by atoms with E-state index in [2.05, 4.69) is 10.6 Å². The van der Waals surface area contributed by atoms with Crippen molar-refractivity contribution in [2.75, 3.05) is 0 Å². The summed E-state index contributed by atoms with van der Waals surface area (Å²) in [6.07, 6.45) is 0.318. The number of benzene rings is 1. The van der Waals surface area contributed by atoms with E-state index in [1.165, 1.54) is 6.07 Å². The summed E-state index contributed by atoms with van der Waals surface area (Å²) >= 11 is 6.29. The van der Waals surface area contributed by atoms with Crippen LogP contribution in [0.15, 0.2) is 30.5 Å². The van der Waals surface area contributed by atoms with Gasteiger partial charge in [0.05, 0.1) is 6.42 Å². The normalized spacial score (nSPS) is 20.5. The molecule has 23 heavy (non-hydrogen) atoms. The lowest BCUT2D eigenvalue weighted by Gasteiger charge is -2.32. The second-order valence-corrected chi connectivity index (χ2v) is 5.41. The molecular weight excluding hydrogens is 328 g/mol. The van der Waals surface area contributed by atoms with Gasteiger partial charge in [-0.05, 0) is 0 Å². The molecule has 0 saturated heterocycles. The molecule has 0 bridgehead atoms. The van der Waals surface area contributed by atoms with Gasteiger partial charge in [0.1, 0.15) is 11.8 Å². The van der Waals surface area contributed by atoms with Crippen molar-refractivity contribution in [1.82, 2.24) is 10.6 Å². The van der Waals surface area contributed by atoms with Gasteiger partial charge in [-0.3, -0.25) is 9.59 Å². The van der Waals surface area contributed by atoms with Gasteiger partial charge in [-0.1, -0.05) is 35.9 Å². The molecule has 1 aromatic rings. The molecule has 2 rings (SSSR count). The maximum absolute atomic E-state index is 12.4. The van der Waals surface area contributed by atoms with Crippen LogP contribution in [0.4, 0.5) is 0 Å². The SMILES string of the molecule is O=C(O)C[C@@H](NC(=O)C1(Cl)NC=C(O)c2ccccc21)C(=O)O. The van der Waals surface area contributed by atoms with Crippen molar-refractivity contribution in [2.24, 2.45) is 0 Å². The van der Waals surface area contributed by atoms with Crippen LogP contribution in [0.25, 0.3) is 5.76 Å². The number of nitrogens with one attached hydrogen (secondary N) is 2. The first-order valence-electron chi connectivity index (χ1n) is 6.47. The predicted octanol–water partition coefficient (Wildman–Crippen LogP) is 0.582. The van der Waals surface area contributed by atoms with Crippen molar-refractivity contribution in [3.8, 4) is 0 Å². The number of fused-ring (bicyclic) bond motifs is 1. The van der Waals surface area contributed by atoms with Crippen molar-refractivity contribution in [1.29, 1.82) is 0 Å². The van der Waals surface area contributed by atoms with E-state index in [0.29, 0.717) is 5.56 Å². The molecule has 1 aliphatic rings. The van der Waals surface area contributed by atoms with Gasteiger partial charge in [0, 0.05) is 17.3 Å². The van der Waals surface area contributed by atoms with Crippen molar-refractivity contribution in [2.45, 2.75) is 17.5 Å². The number of halogens is 1. The Morgan fingerprint density at radius 3 is 2.52 bits per heavy atom. The molecule has 0 fully saturated rings. The lowest BCUT2D eigenvalue weighted by molar-refractivity contribution is -0.147. The molecule has 122 valence electrons. The number of aliphatic carboxylic acids is 2.